The Kier molecular flexibility index (Phi) is 5.63. The number of fused-ring (bicyclic) bond motifs is 1. The summed E-state index contributed by atoms with van der Waals surface area (Å²) in [6.45, 7) is 5.79. The van der Waals surface area contributed by atoms with Gasteiger partial charge in [0.1, 0.15) is 5.69 Å². The highest BCUT2D eigenvalue weighted by atomic mass is 16.1. The summed E-state index contributed by atoms with van der Waals surface area (Å²) in [5.41, 5.74) is 8.60. The first-order valence-electron chi connectivity index (χ1n) is 10.2. The number of aryl methyl sites for hydroxylation is 1. The summed E-state index contributed by atoms with van der Waals surface area (Å²) in [7, 11) is 0. The number of hydrogen-bond acceptors (Lipinski definition) is 6. The van der Waals surface area contributed by atoms with E-state index in [0.717, 1.165) is 49.9 Å². The Labute approximate surface area is 175 Å². The molecule has 0 saturated carbocycles. The Morgan fingerprint density at radius 3 is 3.00 bits per heavy atom. The lowest BCUT2D eigenvalue weighted by molar-refractivity contribution is 0.0995. The maximum atomic E-state index is 11.4. The van der Waals surface area contributed by atoms with Crippen LogP contribution in [0.1, 0.15) is 35.0 Å². The van der Waals surface area contributed by atoms with Crippen LogP contribution < -0.4 is 10.6 Å². The van der Waals surface area contributed by atoms with Gasteiger partial charge < -0.3 is 15.6 Å². The molecule has 3 aromatic rings. The number of aromatic amines is 1. The number of nitriles is 1. The molecule has 8 nitrogen and oxygen atoms in total. The molecule has 0 spiro atoms. The van der Waals surface area contributed by atoms with Crippen LogP contribution in [0.2, 0.25) is 0 Å². The summed E-state index contributed by atoms with van der Waals surface area (Å²) >= 11 is 0. The average Bonchev–Trinajstić information content (AvgIpc) is 3.16. The van der Waals surface area contributed by atoms with E-state index in [-0.39, 0.29) is 11.7 Å². The van der Waals surface area contributed by atoms with Crippen LogP contribution in [-0.2, 0) is 6.42 Å². The number of primary amides is 1. The topological polar surface area (TPSA) is 115 Å². The van der Waals surface area contributed by atoms with Gasteiger partial charge in [0.2, 0.25) is 5.95 Å². The van der Waals surface area contributed by atoms with Gasteiger partial charge in [-0.25, -0.2) is 9.97 Å². The lowest BCUT2D eigenvalue weighted by atomic mass is 10.1. The Morgan fingerprint density at radius 1 is 1.37 bits per heavy atom. The van der Waals surface area contributed by atoms with Gasteiger partial charge in [0.15, 0.2) is 0 Å². The van der Waals surface area contributed by atoms with E-state index in [0.29, 0.717) is 11.5 Å². The van der Waals surface area contributed by atoms with Crippen molar-refractivity contribution >= 4 is 22.8 Å². The highest BCUT2D eigenvalue weighted by molar-refractivity contribution is 5.90. The van der Waals surface area contributed by atoms with Crippen LogP contribution in [-0.4, -0.2) is 58.0 Å². The van der Waals surface area contributed by atoms with Gasteiger partial charge in [-0.3, -0.25) is 9.69 Å². The van der Waals surface area contributed by atoms with Gasteiger partial charge >= 0.3 is 0 Å². The molecule has 1 amide bonds. The number of anilines is 1. The zero-order valence-corrected chi connectivity index (χ0v) is 17.0. The number of hydrogen-bond donors (Lipinski definition) is 2. The first-order valence-corrected chi connectivity index (χ1v) is 10.2. The molecule has 4 rings (SSSR count). The van der Waals surface area contributed by atoms with E-state index in [4.69, 9.17) is 11.0 Å². The Bertz CT molecular complexity index is 1100. The van der Waals surface area contributed by atoms with Gasteiger partial charge in [-0.2, -0.15) is 5.26 Å². The number of amides is 1. The minimum Gasteiger partial charge on any atom is -0.364 e. The summed E-state index contributed by atoms with van der Waals surface area (Å²) in [4.78, 5) is 27.9. The zero-order chi connectivity index (χ0) is 21.1. The Balaban J connectivity index is 1.33. The summed E-state index contributed by atoms with van der Waals surface area (Å²) in [5.74, 6) is 0.0228. The molecule has 3 heterocycles. The molecule has 0 aliphatic carbocycles. The van der Waals surface area contributed by atoms with Gasteiger partial charge in [-0.15, -0.1) is 0 Å². The molecule has 1 fully saturated rings. The number of benzene rings is 1. The molecule has 1 aromatic carbocycles. The fourth-order valence-electron chi connectivity index (χ4n) is 4.11. The third kappa shape index (κ3) is 4.11. The molecule has 1 aliphatic rings. The van der Waals surface area contributed by atoms with E-state index >= 15 is 0 Å². The lowest BCUT2D eigenvalue weighted by Crippen LogP contribution is -2.52. The maximum absolute atomic E-state index is 11.4. The molecule has 154 valence electrons. The molecule has 0 bridgehead atoms. The predicted molar refractivity (Wildman–Crippen MR) is 115 cm³/mol. The van der Waals surface area contributed by atoms with Crippen molar-refractivity contribution < 1.29 is 4.79 Å². The number of nitrogens with zero attached hydrogens (tertiary/aromatic N) is 5. The summed E-state index contributed by atoms with van der Waals surface area (Å²) in [5, 5.41) is 10.3. The SMILES string of the molecule is CC1CN(CCCc2c[nH]c3ccc(C#N)cc23)CCN1c1nccc(C(N)=O)n1. The fraction of sp³-hybridized carbons (Fsp3) is 0.364. The van der Waals surface area contributed by atoms with E-state index in [1.165, 1.54) is 11.6 Å². The molecule has 1 unspecified atom stereocenters. The van der Waals surface area contributed by atoms with Crippen molar-refractivity contribution in [1.29, 1.82) is 5.26 Å². The van der Waals surface area contributed by atoms with Crippen molar-refractivity contribution in [2.75, 3.05) is 31.1 Å². The lowest BCUT2D eigenvalue weighted by Gasteiger charge is -2.40. The number of nitrogens with two attached hydrogens (primary N) is 1. The molecule has 30 heavy (non-hydrogen) atoms. The van der Waals surface area contributed by atoms with Crippen molar-refractivity contribution in [2.45, 2.75) is 25.8 Å². The standard InChI is InChI=1S/C22H25N7O/c1-15-14-28(9-10-29(15)22-25-7-6-20(27-22)21(24)30)8-2-3-17-13-26-19-5-4-16(12-23)11-18(17)19/h4-7,11,13,15,26H,2-3,8-10,14H2,1H3,(H2,24,30). The Morgan fingerprint density at radius 2 is 2.23 bits per heavy atom. The van der Waals surface area contributed by atoms with E-state index in [9.17, 15) is 4.79 Å². The molecule has 0 radical (unpaired) electrons. The molecule has 1 saturated heterocycles. The van der Waals surface area contributed by atoms with Crippen molar-refractivity contribution in [1.82, 2.24) is 19.9 Å². The Hall–Kier alpha value is -3.44. The van der Waals surface area contributed by atoms with Crippen molar-refractivity contribution in [3.05, 3.63) is 53.5 Å². The first kappa shape index (κ1) is 19.9. The largest absolute Gasteiger partial charge is 0.364 e. The minimum absolute atomic E-state index is 0.243. The van der Waals surface area contributed by atoms with E-state index in [1.54, 1.807) is 6.20 Å². The van der Waals surface area contributed by atoms with Crippen molar-refractivity contribution in [3.63, 3.8) is 0 Å². The number of carbonyl (C=O) groups excluding carboxylic acids is 1. The smallest absolute Gasteiger partial charge is 0.267 e. The molecule has 1 aliphatic heterocycles. The molecule has 2 aromatic heterocycles. The normalized spacial score (nSPS) is 17.2. The molecule has 1 atom stereocenters. The van der Waals surface area contributed by atoms with Gasteiger partial charge in [0, 0.05) is 49.0 Å². The number of aromatic nitrogens is 3. The van der Waals surface area contributed by atoms with Crippen LogP contribution in [0.15, 0.2) is 36.7 Å². The molecule has 3 N–H and O–H groups in total. The number of H-pyrrole nitrogens is 1. The highest BCUT2D eigenvalue weighted by Crippen LogP contribution is 2.22. The average molecular weight is 403 g/mol. The fourth-order valence-corrected chi connectivity index (χ4v) is 4.11. The molecule has 8 heteroatoms. The number of piperazine rings is 1. The van der Waals surface area contributed by atoms with Crippen LogP contribution >= 0.6 is 0 Å². The van der Waals surface area contributed by atoms with Crippen LogP contribution in [0.5, 0.6) is 0 Å². The second-order valence-electron chi connectivity index (χ2n) is 7.74. The minimum atomic E-state index is -0.538. The predicted octanol–water partition coefficient (Wildman–Crippen LogP) is 2.07. The number of rotatable bonds is 6. The summed E-state index contributed by atoms with van der Waals surface area (Å²) in [6, 6.07) is 9.76. The van der Waals surface area contributed by atoms with Crippen molar-refractivity contribution in [2.24, 2.45) is 5.73 Å². The monoisotopic (exact) mass is 403 g/mol. The third-order valence-corrected chi connectivity index (χ3v) is 5.68. The van der Waals surface area contributed by atoms with Crippen LogP contribution in [0, 0.1) is 11.3 Å². The third-order valence-electron chi connectivity index (χ3n) is 5.68. The maximum Gasteiger partial charge on any atom is 0.267 e. The quantitative estimate of drug-likeness (QED) is 0.651. The van der Waals surface area contributed by atoms with Crippen LogP contribution in [0.3, 0.4) is 0 Å². The van der Waals surface area contributed by atoms with Gasteiger partial charge in [0.25, 0.3) is 5.91 Å². The number of nitrogens with one attached hydrogen (secondary N) is 1. The van der Waals surface area contributed by atoms with E-state index in [2.05, 4.69) is 43.9 Å². The van der Waals surface area contributed by atoms with Gasteiger partial charge in [-0.05, 0) is 56.1 Å². The molecular weight excluding hydrogens is 378 g/mol. The summed E-state index contributed by atoms with van der Waals surface area (Å²) < 4.78 is 0. The second-order valence-corrected chi connectivity index (χ2v) is 7.74. The van der Waals surface area contributed by atoms with Gasteiger partial charge in [0.05, 0.1) is 11.6 Å². The van der Waals surface area contributed by atoms with Crippen LogP contribution in [0.4, 0.5) is 5.95 Å². The first-order chi connectivity index (χ1) is 14.5. The zero-order valence-electron chi connectivity index (χ0n) is 17.0. The van der Waals surface area contributed by atoms with Gasteiger partial charge in [-0.1, -0.05) is 0 Å². The van der Waals surface area contributed by atoms with Crippen LogP contribution in [0.25, 0.3) is 10.9 Å². The van der Waals surface area contributed by atoms with E-state index < -0.39 is 5.91 Å². The second kappa shape index (κ2) is 8.51. The highest BCUT2D eigenvalue weighted by Gasteiger charge is 2.25. The summed E-state index contributed by atoms with van der Waals surface area (Å²) in [6.07, 6.45) is 5.65. The van der Waals surface area contributed by atoms with E-state index in [1.807, 2.05) is 18.2 Å². The molecular formula is C22H25N7O. The van der Waals surface area contributed by atoms with Crippen molar-refractivity contribution in [3.8, 4) is 6.07 Å². The number of carbonyl (C=O) groups is 1.